The van der Waals surface area contributed by atoms with Gasteiger partial charge in [0, 0.05) is 38.0 Å². The topological polar surface area (TPSA) is 86.7 Å². The van der Waals surface area contributed by atoms with E-state index in [4.69, 9.17) is 28.3 Å². The summed E-state index contributed by atoms with van der Waals surface area (Å²) in [6.45, 7) is 1.38. The van der Waals surface area contributed by atoms with Crippen LogP contribution in [0.25, 0.3) is 0 Å². The van der Waals surface area contributed by atoms with Gasteiger partial charge < -0.3 is 15.3 Å². The first-order chi connectivity index (χ1) is 15.1. The van der Waals surface area contributed by atoms with E-state index in [9.17, 15) is 17.1 Å². The average molecular weight is 523 g/mol. The molecule has 0 radical (unpaired) electrons. The molecule has 0 saturated carbocycles. The first-order valence-electron chi connectivity index (χ1n) is 9.76. The van der Waals surface area contributed by atoms with E-state index in [0.717, 1.165) is 30.7 Å². The van der Waals surface area contributed by atoms with Crippen molar-refractivity contribution in [3.05, 3.63) is 62.8 Å². The molecule has 2 aliphatic rings. The molecule has 2 aliphatic heterocycles. The molecule has 3 rings (SSSR count). The van der Waals surface area contributed by atoms with E-state index in [0.29, 0.717) is 16.5 Å². The Bertz CT molecular complexity index is 1040. The van der Waals surface area contributed by atoms with E-state index in [1.807, 2.05) is 6.08 Å². The van der Waals surface area contributed by atoms with Crippen molar-refractivity contribution in [2.45, 2.75) is 24.2 Å². The summed E-state index contributed by atoms with van der Waals surface area (Å²) in [6, 6.07) is 4.83. The van der Waals surface area contributed by atoms with Crippen LogP contribution in [0.4, 0.5) is 3.89 Å². The van der Waals surface area contributed by atoms with Gasteiger partial charge in [0.15, 0.2) is 9.84 Å². The number of nitrogens with zero attached hydrogens (tertiary/aromatic N) is 1. The lowest BCUT2D eigenvalue weighted by atomic mass is 9.92. The number of aliphatic carboxylic acids is 1. The van der Waals surface area contributed by atoms with Crippen molar-refractivity contribution in [1.29, 1.82) is 0 Å². The van der Waals surface area contributed by atoms with Gasteiger partial charge in [0.2, 0.25) is 0 Å². The first-order valence-corrected chi connectivity index (χ1v) is 13.1. The Kier molecular flexibility index (Phi) is 9.94. The van der Waals surface area contributed by atoms with Crippen molar-refractivity contribution in [3.63, 3.8) is 0 Å². The summed E-state index contributed by atoms with van der Waals surface area (Å²) < 4.78 is 36.0. The minimum absolute atomic E-state index is 0.0298. The first kappa shape index (κ1) is 26.6. The van der Waals surface area contributed by atoms with E-state index >= 15 is 0 Å². The van der Waals surface area contributed by atoms with Crippen molar-refractivity contribution in [1.82, 2.24) is 10.2 Å². The molecule has 1 aromatic carbocycles. The smallest absolute Gasteiger partial charge is 0.304 e. The maximum Gasteiger partial charge on any atom is 0.304 e. The van der Waals surface area contributed by atoms with E-state index in [2.05, 4.69) is 10.2 Å². The number of carboxylic acids is 1. The number of hydrogen-bond acceptors (Lipinski definition) is 6. The Balaban J connectivity index is 0.000000303. The quantitative estimate of drug-likeness (QED) is 0.538. The standard InChI is InChI=1S/C15H22N2O4S.C6H3Cl2FS/c1-16-6-5-14(22(2,20)21)12-8-13-11(9-15(18)19)4-3-7-17(13)10-12;7-4-2-1-3-5(10-9)6(4)8/h5-6,8,11,16H,3-4,7,9-10H2,1-2H3,(H,18,19);1-3H/b6-5-,14-12+;. The molecule has 0 aromatic heterocycles. The zero-order chi connectivity index (χ0) is 23.9. The van der Waals surface area contributed by atoms with Crippen LogP contribution in [0.1, 0.15) is 19.3 Å². The van der Waals surface area contributed by atoms with Gasteiger partial charge in [-0.15, -0.1) is 0 Å². The molecule has 1 saturated heterocycles. The molecule has 0 bridgehead atoms. The minimum atomic E-state index is -3.34. The summed E-state index contributed by atoms with van der Waals surface area (Å²) in [7, 11) is -1.63. The summed E-state index contributed by atoms with van der Waals surface area (Å²) in [6.07, 6.45) is 8.07. The van der Waals surface area contributed by atoms with Gasteiger partial charge in [0.1, 0.15) is 0 Å². The van der Waals surface area contributed by atoms with Gasteiger partial charge in [-0.1, -0.05) is 29.3 Å². The zero-order valence-corrected chi connectivity index (χ0v) is 20.8. The number of benzene rings is 1. The molecule has 1 fully saturated rings. The van der Waals surface area contributed by atoms with E-state index in [1.165, 1.54) is 6.26 Å². The second-order valence-electron chi connectivity index (χ2n) is 7.34. The number of carbonyl (C=O) groups is 1. The van der Waals surface area contributed by atoms with Crippen LogP contribution in [0.5, 0.6) is 0 Å². The van der Waals surface area contributed by atoms with Crippen LogP contribution in [0.3, 0.4) is 0 Å². The molecule has 176 valence electrons. The molecule has 2 N–H and O–H groups in total. The number of fused-ring (bicyclic) bond motifs is 1. The maximum absolute atomic E-state index is 12.0. The summed E-state index contributed by atoms with van der Waals surface area (Å²) >= 11 is 11.3. The van der Waals surface area contributed by atoms with Gasteiger partial charge in [0.25, 0.3) is 0 Å². The molecule has 1 atom stereocenters. The number of allylic oxidation sites excluding steroid dienone is 2. The van der Waals surface area contributed by atoms with E-state index in [1.54, 1.807) is 37.5 Å². The number of sulfone groups is 1. The second-order valence-corrected chi connectivity index (χ2v) is 10.7. The molecular formula is C21H25Cl2FN2O4S2. The largest absolute Gasteiger partial charge is 0.481 e. The summed E-state index contributed by atoms with van der Waals surface area (Å²) in [5.74, 6) is -0.846. The van der Waals surface area contributed by atoms with Crippen molar-refractivity contribution in [3.8, 4) is 0 Å². The third kappa shape index (κ3) is 7.16. The summed E-state index contributed by atoms with van der Waals surface area (Å²) in [5.41, 5.74) is 1.70. The fraction of sp³-hybridized carbons (Fsp3) is 0.381. The lowest BCUT2D eigenvalue weighted by molar-refractivity contribution is -0.138. The Hall–Kier alpha value is -1.68. The molecule has 6 nitrogen and oxygen atoms in total. The number of nitrogens with one attached hydrogen (secondary N) is 1. The predicted octanol–water partition coefficient (Wildman–Crippen LogP) is 5.07. The average Bonchev–Trinajstić information content (AvgIpc) is 3.14. The highest BCUT2D eigenvalue weighted by atomic mass is 35.5. The SMILES string of the molecule is CN/C=C\C(=C1\C=C2C(CC(=O)O)CCCN2C1)S(C)(=O)=O.FSc1cccc(Cl)c1Cl. The summed E-state index contributed by atoms with van der Waals surface area (Å²) in [4.78, 5) is 13.7. The van der Waals surface area contributed by atoms with Crippen LogP contribution in [-0.4, -0.2) is 50.8 Å². The molecule has 2 heterocycles. The highest BCUT2D eigenvalue weighted by molar-refractivity contribution is 7.94. The van der Waals surface area contributed by atoms with E-state index < -0.39 is 15.8 Å². The van der Waals surface area contributed by atoms with Gasteiger partial charge in [-0.25, -0.2) is 8.42 Å². The summed E-state index contributed by atoms with van der Waals surface area (Å²) in [5, 5.41) is 12.5. The van der Waals surface area contributed by atoms with Crippen molar-refractivity contribution < 1.29 is 22.2 Å². The third-order valence-corrected chi connectivity index (χ3v) is 7.62. The monoisotopic (exact) mass is 522 g/mol. The normalized spacial score (nSPS) is 19.7. The highest BCUT2D eigenvalue weighted by Crippen LogP contribution is 2.37. The van der Waals surface area contributed by atoms with Gasteiger partial charge >= 0.3 is 5.97 Å². The van der Waals surface area contributed by atoms with Crippen LogP contribution in [0.15, 0.2) is 57.6 Å². The Labute approximate surface area is 202 Å². The van der Waals surface area contributed by atoms with Crippen LogP contribution in [0, 0.1) is 5.92 Å². The van der Waals surface area contributed by atoms with Gasteiger partial charge in [-0.05, 0) is 48.9 Å². The fourth-order valence-electron chi connectivity index (χ4n) is 3.61. The maximum atomic E-state index is 12.0. The number of halogens is 3. The minimum Gasteiger partial charge on any atom is -0.481 e. The van der Waals surface area contributed by atoms with Crippen LogP contribution < -0.4 is 5.32 Å². The van der Waals surface area contributed by atoms with Crippen LogP contribution >= 0.6 is 35.3 Å². The number of piperidine rings is 1. The van der Waals surface area contributed by atoms with Gasteiger partial charge in [-0.2, -0.15) is 3.89 Å². The third-order valence-electron chi connectivity index (χ3n) is 4.99. The van der Waals surface area contributed by atoms with Crippen molar-refractivity contribution in [2.24, 2.45) is 5.92 Å². The van der Waals surface area contributed by atoms with Crippen LogP contribution in [0.2, 0.25) is 10.0 Å². The highest BCUT2D eigenvalue weighted by Gasteiger charge is 2.32. The van der Waals surface area contributed by atoms with Crippen molar-refractivity contribution >= 4 is 51.2 Å². The van der Waals surface area contributed by atoms with Crippen LogP contribution in [-0.2, 0) is 14.6 Å². The molecular weight excluding hydrogens is 498 g/mol. The predicted molar refractivity (Wildman–Crippen MR) is 128 cm³/mol. The number of rotatable bonds is 6. The molecule has 0 spiro atoms. The lowest BCUT2D eigenvalue weighted by Gasteiger charge is -2.32. The van der Waals surface area contributed by atoms with Gasteiger partial charge in [-0.3, -0.25) is 4.79 Å². The van der Waals surface area contributed by atoms with E-state index in [-0.39, 0.29) is 34.4 Å². The Morgan fingerprint density at radius 1 is 1.41 bits per heavy atom. The van der Waals surface area contributed by atoms with Crippen molar-refractivity contribution in [2.75, 3.05) is 26.4 Å². The zero-order valence-electron chi connectivity index (χ0n) is 17.6. The second kappa shape index (κ2) is 12.0. The Morgan fingerprint density at radius 2 is 2.12 bits per heavy atom. The molecule has 32 heavy (non-hydrogen) atoms. The number of carboxylic acid groups (broad SMARTS) is 1. The molecule has 1 unspecified atom stereocenters. The molecule has 1 aromatic rings. The molecule has 0 aliphatic carbocycles. The Morgan fingerprint density at radius 3 is 2.69 bits per heavy atom. The molecule has 0 amide bonds. The number of hydrogen-bond donors (Lipinski definition) is 2. The lowest BCUT2D eigenvalue weighted by Crippen LogP contribution is -2.31. The van der Waals surface area contributed by atoms with Gasteiger partial charge in [0.05, 0.1) is 38.4 Å². The fourth-order valence-corrected chi connectivity index (χ4v) is 5.28. The molecule has 11 heteroatoms.